The Balaban J connectivity index is 1.76. The number of anilines is 1. The minimum Gasteiger partial charge on any atom is -0.493 e. The Morgan fingerprint density at radius 2 is 2.13 bits per heavy atom. The molecule has 23 heavy (non-hydrogen) atoms. The molecule has 122 valence electrons. The summed E-state index contributed by atoms with van der Waals surface area (Å²) in [4.78, 5) is 18.3. The van der Waals surface area contributed by atoms with Crippen LogP contribution in [0.4, 0.5) is 5.13 Å². The van der Waals surface area contributed by atoms with Crippen molar-refractivity contribution < 1.29 is 14.3 Å². The second-order valence-corrected chi connectivity index (χ2v) is 6.43. The molecule has 6 heteroatoms. The number of benzene rings is 1. The lowest BCUT2D eigenvalue weighted by molar-refractivity contribution is 0.102. The van der Waals surface area contributed by atoms with E-state index in [1.165, 1.54) is 17.7 Å². The molecule has 0 saturated carbocycles. The summed E-state index contributed by atoms with van der Waals surface area (Å²) in [7, 11) is 1.56. The second-order valence-electron chi connectivity index (χ2n) is 5.35. The third-order valence-electron chi connectivity index (χ3n) is 3.79. The topological polar surface area (TPSA) is 60.5 Å². The molecule has 5 nitrogen and oxygen atoms in total. The SMILES string of the molecule is CCOc1ccc(C(=O)Nc2nc3c(s2)CCCC3)cc1OC. The van der Waals surface area contributed by atoms with Crippen LogP contribution in [0.25, 0.3) is 0 Å². The zero-order chi connectivity index (χ0) is 16.2. The number of hydrogen-bond donors (Lipinski definition) is 1. The van der Waals surface area contributed by atoms with E-state index < -0.39 is 0 Å². The van der Waals surface area contributed by atoms with Gasteiger partial charge in [-0.15, -0.1) is 11.3 Å². The molecule has 1 aromatic carbocycles. The molecule has 1 N–H and O–H groups in total. The number of methoxy groups -OCH3 is 1. The highest BCUT2D eigenvalue weighted by molar-refractivity contribution is 7.15. The van der Waals surface area contributed by atoms with Gasteiger partial charge in [-0.3, -0.25) is 10.1 Å². The Bertz CT molecular complexity index is 688. The van der Waals surface area contributed by atoms with Crippen molar-refractivity contribution in [2.24, 2.45) is 0 Å². The molecule has 0 atom stereocenters. The van der Waals surface area contributed by atoms with E-state index in [1.807, 2.05) is 6.92 Å². The Hall–Kier alpha value is -2.08. The van der Waals surface area contributed by atoms with Crippen LogP contribution in [0.15, 0.2) is 18.2 Å². The number of amides is 1. The van der Waals surface area contributed by atoms with E-state index >= 15 is 0 Å². The zero-order valence-corrected chi connectivity index (χ0v) is 14.2. The molecule has 1 amide bonds. The normalized spacial score (nSPS) is 13.3. The summed E-state index contributed by atoms with van der Waals surface area (Å²) in [5.74, 6) is 1.01. The average Bonchev–Trinajstić information content (AvgIpc) is 2.97. The molecule has 0 aliphatic heterocycles. The van der Waals surface area contributed by atoms with Gasteiger partial charge < -0.3 is 9.47 Å². The number of aromatic nitrogens is 1. The monoisotopic (exact) mass is 332 g/mol. The van der Waals surface area contributed by atoms with Gasteiger partial charge in [0, 0.05) is 10.4 Å². The Morgan fingerprint density at radius 1 is 1.30 bits per heavy atom. The molecule has 0 saturated heterocycles. The van der Waals surface area contributed by atoms with Gasteiger partial charge >= 0.3 is 0 Å². The van der Waals surface area contributed by atoms with Crippen LogP contribution in [0.3, 0.4) is 0 Å². The van der Waals surface area contributed by atoms with Crippen molar-refractivity contribution in [3.63, 3.8) is 0 Å². The van der Waals surface area contributed by atoms with Crippen molar-refractivity contribution in [3.8, 4) is 11.5 Å². The number of nitrogens with zero attached hydrogens (tertiary/aromatic N) is 1. The Kier molecular flexibility index (Phi) is 4.81. The Morgan fingerprint density at radius 3 is 2.87 bits per heavy atom. The molecule has 1 aromatic heterocycles. The first-order chi connectivity index (χ1) is 11.2. The van der Waals surface area contributed by atoms with Crippen molar-refractivity contribution in [2.75, 3.05) is 19.0 Å². The summed E-state index contributed by atoms with van der Waals surface area (Å²) in [5, 5.41) is 3.57. The van der Waals surface area contributed by atoms with Crippen LogP contribution in [-0.4, -0.2) is 24.6 Å². The molecule has 0 spiro atoms. The highest BCUT2D eigenvalue weighted by Crippen LogP contribution is 2.31. The quantitative estimate of drug-likeness (QED) is 0.907. The molecule has 0 radical (unpaired) electrons. The number of hydrogen-bond acceptors (Lipinski definition) is 5. The van der Waals surface area contributed by atoms with E-state index in [9.17, 15) is 4.79 Å². The predicted molar refractivity (Wildman–Crippen MR) is 90.9 cm³/mol. The smallest absolute Gasteiger partial charge is 0.257 e. The number of rotatable bonds is 5. The first-order valence-corrected chi connectivity index (χ1v) is 8.63. The van der Waals surface area contributed by atoms with Crippen LogP contribution in [0.1, 0.15) is 40.7 Å². The van der Waals surface area contributed by atoms with E-state index in [0.29, 0.717) is 28.8 Å². The van der Waals surface area contributed by atoms with Crippen LogP contribution < -0.4 is 14.8 Å². The van der Waals surface area contributed by atoms with Gasteiger partial charge in [0.2, 0.25) is 0 Å². The standard InChI is InChI=1S/C17H20N2O3S/c1-3-22-13-9-8-11(10-14(13)21-2)16(20)19-17-18-12-6-4-5-7-15(12)23-17/h8-10H,3-7H2,1-2H3,(H,18,19,20). The van der Waals surface area contributed by atoms with Crippen molar-refractivity contribution in [1.29, 1.82) is 0 Å². The molecule has 3 rings (SSSR count). The van der Waals surface area contributed by atoms with Gasteiger partial charge in [-0.2, -0.15) is 0 Å². The van der Waals surface area contributed by atoms with Crippen molar-refractivity contribution in [1.82, 2.24) is 4.98 Å². The van der Waals surface area contributed by atoms with Gasteiger partial charge in [-0.25, -0.2) is 4.98 Å². The van der Waals surface area contributed by atoms with Crippen LogP contribution in [0.2, 0.25) is 0 Å². The van der Waals surface area contributed by atoms with Gasteiger partial charge in [0.15, 0.2) is 16.6 Å². The maximum Gasteiger partial charge on any atom is 0.257 e. The number of carbonyl (C=O) groups is 1. The minimum absolute atomic E-state index is 0.183. The summed E-state index contributed by atoms with van der Waals surface area (Å²) in [6.07, 6.45) is 4.47. The maximum atomic E-state index is 12.4. The number of aryl methyl sites for hydroxylation is 2. The number of carbonyl (C=O) groups excluding carboxylic acids is 1. The van der Waals surface area contributed by atoms with Crippen LogP contribution >= 0.6 is 11.3 Å². The Labute approximate surface area is 139 Å². The number of nitrogens with one attached hydrogen (secondary N) is 1. The number of thiazole rings is 1. The number of ether oxygens (including phenoxy) is 2. The lowest BCUT2D eigenvalue weighted by Gasteiger charge is -2.10. The summed E-state index contributed by atoms with van der Waals surface area (Å²) >= 11 is 1.58. The van der Waals surface area contributed by atoms with Crippen molar-refractivity contribution in [2.45, 2.75) is 32.6 Å². The largest absolute Gasteiger partial charge is 0.493 e. The maximum absolute atomic E-state index is 12.4. The van der Waals surface area contributed by atoms with E-state index in [1.54, 1.807) is 36.6 Å². The first kappa shape index (κ1) is 15.8. The van der Waals surface area contributed by atoms with Gasteiger partial charge in [-0.05, 0) is 50.8 Å². The molecular weight excluding hydrogens is 312 g/mol. The molecule has 1 aliphatic carbocycles. The highest BCUT2D eigenvalue weighted by Gasteiger charge is 2.17. The molecule has 0 unspecified atom stereocenters. The van der Waals surface area contributed by atoms with Gasteiger partial charge in [0.05, 0.1) is 19.4 Å². The van der Waals surface area contributed by atoms with Crippen LogP contribution in [-0.2, 0) is 12.8 Å². The lowest BCUT2D eigenvalue weighted by Crippen LogP contribution is -2.12. The fraction of sp³-hybridized carbons (Fsp3) is 0.412. The first-order valence-electron chi connectivity index (χ1n) is 7.82. The van der Waals surface area contributed by atoms with E-state index in [0.717, 1.165) is 18.5 Å². The van der Waals surface area contributed by atoms with Gasteiger partial charge in [0.1, 0.15) is 0 Å². The average molecular weight is 332 g/mol. The van der Waals surface area contributed by atoms with Gasteiger partial charge in [0.25, 0.3) is 5.91 Å². The van der Waals surface area contributed by atoms with Crippen LogP contribution in [0, 0.1) is 0 Å². The highest BCUT2D eigenvalue weighted by atomic mass is 32.1. The van der Waals surface area contributed by atoms with Gasteiger partial charge in [-0.1, -0.05) is 0 Å². The molecule has 1 heterocycles. The third kappa shape index (κ3) is 3.47. The molecule has 1 aliphatic rings. The fourth-order valence-corrected chi connectivity index (χ4v) is 3.70. The summed E-state index contributed by atoms with van der Waals surface area (Å²) < 4.78 is 10.8. The summed E-state index contributed by atoms with van der Waals surface area (Å²) in [5.41, 5.74) is 1.67. The fourth-order valence-electron chi connectivity index (χ4n) is 2.66. The minimum atomic E-state index is -0.183. The molecular formula is C17H20N2O3S. The lowest BCUT2D eigenvalue weighted by atomic mass is 10.0. The summed E-state index contributed by atoms with van der Waals surface area (Å²) in [6, 6.07) is 5.17. The van der Waals surface area contributed by atoms with Crippen LogP contribution in [0.5, 0.6) is 11.5 Å². The number of fused-ring (bicyclic) bond motifs is 1. The van der Waals surface area contributed by atoms with E-state index in [2.05, 4.69) is 10.3 Å². The van der Waals surface area contributed by atoms with E-state index in [-0.39, 0.29) is 5.91 Å². The molecule has 2 aromatic rings. The predicted octanol–water partition coefficient (Wildman–Crippen LogP) is 3.68. The third-order valence-corrected chi connectivity index (χ3v) is 4.86. The van der Waals surface area contributed by atoms with Crippen molar-refractivity contribution >= 4 is 22.4 Å². The van der Waals surface area contributed by atoms with Crippen molar-refractivity contribution in [3.05, 3.63) is 34.3 Å². The molecule has 0 bridgehead atoms. The molecule has 0 fully saturated rings. The zero-order valence-electron chi connectivity index (χ0n) is 13.3. The van der Waals surface area contributed by atoms with E-state index in [4.69, 9.17) is 9.47 Å². The summed E-state index contributed by atoms with van der Waals surface area (Å²) in [6.45, 7) is 2.46. The second kappa shape index (κ2) is 7.00.